The normalized spacial score (nSPS) is 14.4. The van der Waals surface area contributed by atoms with E-state index in [1.54, 1.807) is 6.34 Å². The molecule has 0 fully saturated rings. The van der Waals surface area contributed by atoms with Crippen LogP contribution in [0, 0.1) is 5.92 Å². The molecule has 0 unspecified atom stereocenters. The summed E-state index contributed by atoms with van der Waals surface area (Å²) in [7, 11) is 0. The van der Waals surface area contributed by atoms with E-state index >= 15 is 0 Å². The number of allylic oxidation sites excluding steroid dienone is 1. The van der Waals surface area contributed by atoms with Gasteiger partial charge in [0.05, 0.1) is 12.0 Å². The molecule has 2 rings (SSSR count). The third-order valence-corrected chi connectivity index (χ3v) is 2.30. The van der Waals surface area contributed by atoms with Crippen molar-refractivity contribution in [2.24, 2.45) is 10.9 Å². The first kappa shape index (κ1) is 9.00. The number of benzene rings is 1. The highest BCUT2D eigenvalue weighted by Crippen LogP contribution is 2.23. The number of nitrogens with zero attached hydrogens (tertiary/aromatic N) is 1. The summed E-state index contributed by atoms with van der Waals surface area (Å²) in [6, 6.07) is 8.15. The van der Waals surface area contributed by atoms with Gasteiger partial charge in [-0.3, -0.25) is 0 Å². The number of hydrogen-bond acceptors (Lipinski definition) is 2. The van der Waals surface area contributed by atoms with Gasteiger partial charge in [0.25, 0.3) is 0 Å². The Morgan fingerprint density at radius 1 is 1.21 bits per heavy atom. The topological polar surface area (TPSA) is 24.4 Å². The highest BCUT2D eigenvalue weighted by Gasteiger charge is 2.06. The van der Waals surface area contributed by atoms with Crippen molar-refractivity contribution in [3.8, 4) is 0 Å². The van der Waals surface area contributed by atoms with Gasteiger partial charge in [-0.05, 0) is 18.1 Å². The summed E-state index contributed by atoms with van der Waals surface area (Å²) in [6.45, 7) is 4.33. The minimum Gasteiger partial charge on any atom is -0.350 e. The molecule has 1 aromatic rings. The maximum atomic E-state index is 4.33. The van der Waals surface area contributed by atoms with Gasteiger partial charge in [0.1, 0.15) is 0 Å². The third kappa shape index (κ3) is 1.69. The Kier molecular flexibility index (Phi) is 2.35. The molecule has 2 heteroatoms. The van der Waals surface area contributed by atoms with Crippen LogP contribution in [0.4, 0.5) is 5.69 Å². The van der Waals surface area contributed by atoms with Gasteiger partial charge < -0.3 is 5.32 Å². The maximum absolute atomic E-state index is 4.33. The molecule has 0 bridgehead atoms. The fourth-order valence-corrected chi connectivity index (χ4v) is 1.45. The number of rotatable bonds is 1. The molecule has 2 nitrogen and oxygen atoms in total. The van der Waals surface area contributed by atoms with Crippen LogP contribution >= 0.6 is 0 Å². The van der Waals surface area contributed by atoms with E-state index in [-0.39, 0.29) is 0 Å². The summed E-state index contributed by atoms with van der Waals surface area (Å²) >= 11 is 0. The smallest absolute Gasteiger partial charge is 0.0928 e. The molecule has 1 aromatic carbocycles. The zero-order valence-corrected chi connectivity index (χ0v) is 8.49. The monoisotopic (exact) mass is 186 g/mol. The Hall–Kier alpha value is -1.57. The second-order valence-electron chi connectivity index (χ2n) is 3.72. The molecule has 1 heterocycles. The average molecular weight is 186 g/mol. The first-order valence-electron chi connectivity index (χ1n) is 4.87. The molecule has 1 aliphatic heterocycles. The van der Waals surface area contributed by atoms with Crippen LogP contribution in [0.15, 0.2) is 35.0 Å². The highest BCUT2D eigenvalue weighted by molar-refractivity contribution is 5.75. The fraction of sp³-hybridized carbons (Fsp3) is 0.250. The van der Waals surface area contributed by atoms with Gasteiger partial charge in [-0.2, -0.15) is 0 Å². The minimum atomic E-state index is 0.493. The van der Waals surface area contributed by atoms with Crippen LogP contribution in [0.2, 0.25) is 0 Å². The van der Waals surface area contributed by atoms with Crippen LogP contribution in [0.5, 0.6) is 0 Å². The lowest BCUT2D eigenvalue weighted by Crippen LogP contribution is -2.13. The summed E-state index contributed by atoms with van der Waals surface area (Å²) in [5, 5.41) is 3.20. The minimum absolute atomic E-state index is 0.493. The number of nitrogens with one attached hydrogen (secondary N) is 1. The van der Waals surface area contributed by atoms with E-state index in [1.165, 1.54) is 11.3 Å². The summed E-state index contributed by atoms with van der Waals surface area (Å²) in [4.78, 5) is 4.33. The van der Waals surface area contributed by atoms with Crippen molar-refractivity contribution in [3.63, 3.8) is 0 Å². The Labute approximate surface area is 84.4 Å². The molecule has 0 aliphatic carbocycles. The molecule has 1 aliphatic rings. The summed E-state index contributed by atoms with van der Waals surface area (Å²) in [5.74, 6) is 0.493. The Bertz CT molecular complexity index is 389. The molecule has 0 radical (unpaired) electrons. The van der Waals surface area contributed by atoms with Crippen molar-refractivity contribution in [2.45, 2.75) is 13.8 Å². The van der Waals surface area contributed by atoms with Crippen LogP contribution in [0.3, 0.4) is 0 Å². The molecule has 0 aromatic heterocycles. The lowest BCUT2D eigenvalue weighted by molar-refractivity contribution is 0.738. The van der Waals surface area contributed by atoms with E-state index < -0.39 is 0 Å². The van der Waals surface area contributed by atoms with E-state index in [2.05, 4.69) is 36.3 Å². The van der Waals surface area contributed by atoms with Gasteiger partial charge in [-0.15, -0.1) is 0 Å². The van der Waals surface area contributed by atoms with Crippen molar-refractivity contribution in [1.29, 1.82) is 0 Å². The number of hydrogen-bond donors (Lipinski definition) is 1. The molecule has 14 heavy (non-hydrogen) atoms. The SMILES string of the molecule is CC(C)C1=Cc2ccccc2N=CN1. The molecule has 0 atom stereocenters. The Morgan fingerprint density at radius 3 is 2.79 bits per heavy atom. The molecule has 72 valence electrons. The predicted octanol–water partition coefficient (Wildman–Crippen LogP) is 2.95. The van der Waals surface area contributed by atoms with Crippen LogP contribution in [-0.4, -0.2) is 6.34 Å². The molecular formula is C12H14N2. The molecule has 1 N–H and O–H groups in total. The van der Waals surface area contributed by atoms with E-state index in [0.717, 1.165) is 5.69 Å². The largest absolute Gasteiger partial charge is 0.350 e. The molecule has 0 amide bonds. The van der Waals surface area contributed by atoms with Gasteiger partial charge in [0, 0.05) is 11.3 Å². The van der Waals surface area contributed by atoms with Gasteiger partial charge in [-0.1, -0.05) is 32.0 Å². The zero-order chi connectivity index (χ0) is 9.97. The van der Waals surface area contributed by atoms with Crippen molar-refractivity contribution < 1.29 is 0 Å². The number of aliphatic imine (C=N–C) groups is 1. The van der Waals surface area contributed by atoms with E-state index in [4.69, 9.17) is 0 Å². The quantitative estimate of drug-likeness (QED) is 0.716. The van der Waals surface area contributed by atoms with Gasteiger partial charge in [0.15, 0.2) is 0 Å². The van der Waals surface area contributed by atoms with Gasteiger partial charge in [-0.25, -0.2) is 4.99 Å². The van der Waals surface area contributed by atoms with Crippen LogP contribution in [0.25, 0.3) is 6.08 Å². The van der Waals surface area contributed by atoms with Crippen LogP contribution in [0.1, 0.15) is 19.4 Å². The fourth-order valence-electron chi connectivity index (χ4n) is 1.45. The van der Waals surface area contributed by atoms with Crippen LogP contribution in [-0.2, 0) is 0 Å². The first-order valence-corrected chi connectivity index (χ1v) is 4.87. The van der Waals surface area contributed by atoms with E-state index in [1.807, 2.05) is 18.2 Å². The van der Waals surface area contributed by atoms with E-state index in [9.17, 15) is 0 Å². The maximum Gasteiger partial charge on any atom is 0.0928 e. The van der Waals surface area contributed by atoms with E-state index in [0.29, 0.717) is 5.92 Å². The molecule has 0 spiro atoms. The molecular weight excluding hydrogens is 172 g/mol. The predicted molar refractivity (Wildman–Crippen MR) is 60.5 cm³/mol. The summed E-state index contributed by atoms with van der Waals surface area (Å²) in [6.07, 6.45) is 3.92. The second-order valence-corrected chi connectivity index (χ2v) is 3.72. The average Bonchev–Trinajstić information content (AvgIpc) is 2.39. The lowest BCUT2D eigenvalue weighted by Gasteiger charge is -2.08. The van der Waals surface area contributed by atoms with Gasteiger partial charge >= 0.3 is 0 Å². The Balaban J connectivity index is 2.47. The number of fused-ring (bicyclic) bond motifs is 1. The molecule has 0 saturated carbocycles. The van der Waals surface area contributed by atoms with Gasteiger partial charge in [0.2, 0.25) is 0 Å². The van der Waals surface area contributed by atoms with Crippen LogP contribution < -0.4 is 5.32 Å². The summed E-state index contributed by atoms with van der Waals surface area (Å²) in [5.41, 5.74) is 3.41. The zero-order valence-electron chi connectivity index (χ0n) is 8.49. The molecule has 0 saturated heterocycles. The van der Waals surface area contributed by atoms with Crippen molar-refractivity contribution in [2.75, 3.05) is 0 Å². The van der Waals surface area contributed by atoms with Crippen molar-refractivity contribution in [3.05, 3.63) is 35.5 Å². The number of para-hydroxylation sites is 1. The highest BCUT2D eigenvalue weighted by atomic mass is 15.0. The lowest BCUT2D eigenvalue weighted by atomic mass is 10.1. The standard InChI is InChI=1S/C12H14N2/c1-9(2)12-7-10-5-3-4-6-11(10)13-8-14-12/h3-9H,1-2H3,(H,13,14). The first-order chi connectivity index (χ1) is 6.77. The van der Waals surface area contributed by atoms with Crippen molar-refractivity contribution in [1.82, 2.24) is 5.32 Å². The Morgan fingerprint density at radius 2 is 2.00 bits per heavy atom. The summed E-state index contributed by atoms with van der Waals surface area (Å²) < 4.78 is 0. The van der Waals surface area contributed by atoms with Crippen molar-refractivity contribution >= 4 is 18.1 Å². The second kappa shape index (κ2) is 3.66. The third-order valence-electron chi connectivity index (χ3n) is 2.30.